The first-order valence-corrected chi connectivity index (χ1v) is 12.0. The number of nitrogens with one attached hydrogen (secondary N) is 2. The second-order valence-corrected chi connectivity index (χ2v) is 9.66. The Morgan fingerprint density at radius 3 is 2.52 bits per heavy atom. The van der Waals surface area contributed by atoms with Gasteiger partial charge in [-0.3, -0.25) is 4.90 Å². The van der Waals surface area contributed by atoms with Gasteiger partial charge in [0.05, 0.1) is 12.2 Å². The van der Waals surface area contributed by atoms with Gasteiger partial charge in [0.15, 0.2) is 0 Å². The fourth-order valence-corrected chi connectivity index (χ4v) is 5.56. The fraction of sp³-hybridized carbons (Fsp3) is 0.393. The molecule has 2 aromatic carbocycles. The highest BCUT2D eigenvalue weighted by molar-refractivity contribution is 5.83. The molecule has 33 heavy (non-hydrogen) atoms. The van der Waals surface area contributed by atoms with Crippen LogP contribution in [0.15, 0.2) is 71.4 Å². The van der Waals surface area contributed by atoms with Crippen LogP contribution in [0, 0.1) is 6.92 Å². The lowest BCUT2D eigenvalue weighted by molar-refractivity contribution is 0.0823. The van der Waals surface area contributed by atoms with Crippen molar-refractivity contribution in [2.24, 2.45) is 0 Å². The summed E-state index contributed by atoms with van der Waals surface area (Å²) >= 11 is 0. The SMILES string of the molecule is Cc1cnc(C(Cc2c[nH]c3ccccc23)NC2CCC(c3ccccc3)(N(C)C)CC2)o1. The zero-order chi connectivity index (χ0) is 22.8. The zero-order valence-electron chi connectivity index (χ0n) is 19.8. The molecule has 2 heterocycles. The maximum Gasteiger partial charge on any atom is 0.211 e. The normalized spacial score (nSPS) is 22.1. The van der Waals surface area contributed by atoms with Crippen LogP contribution in [-0.2, 0) is 12.0 Å². The molecule has 1 unspecified atom stereocenters. The lowest BCUT2D eigenvalue weighted by Gasteiger charge is -2.46. The van der Waals surface area contributed by atoms with Crippen molar-refractivity contribution in [1.29, 1.82) is 0 Å². The molecule has 5 rings (SSSR count). The highest BCUT2D eigenvalue weighted by Gasteiger charge is 2.39. The summed E-state index contributed by atoms with van der Waals surface area (Å²) in [4.78, 5) is 10.4. The number of benzene rings is 2. The molecule has 1 fully saturated rings. The van der Waals surface area contributed by atoms with Crippen LogP contribution < -0.4 is 5.32 Å². The van der Waals surface area contributed by atoms with Gasteiger partial charge in [0.25, 0.3) is 0 Å². The van der Waals surface area contributed by atoms with E-state index in [-0.39, 0.29) is 11.6 Å². The number of nitrogens with zero attached hydrogens (tertiary/aromatic N) is 2. The van der Waals surface area contributed by atoms with Crippen LogP contribution in [0.4, 0.5) is 0 Å². The van der Waals surface area contributed by atoms with Crippen molar-refractivity contribution in [3.8, 4) is 0 Å². The van der Waals surface area contributed by atoms with E-state index in [1.807, 2.05) is 13.1 Å². The minimum absolute atomic E-state index is 0.0477. The summed E-state index contributed by atoms with van der Waals surface area (Å²) in [6.45, 7) is 1.96. The van der Waals surface area contributed by atoms with E-state index in [2.05, 4.69) is 95.1 Å². The Bertz CT molecular complexity index is 1180. The van der Waals surface area contributed by atoms with Crippen LogP contribution in [-0.4, -0.2) is 35.0 Å². The van der Waals surface area contributed by atoms with Gasteiger partial charge in [-0.15, -0.1) is 0 Å². The van der Waals surface area contributed by atoms with Crippen LogP contribution in [0.5, 0.6) is 0 Å². The van der Waals surface area contributed by atoms with Gasteiger partial charge in [0, 0.05) is 28.7 Å². The van der Waals surface area contributed by atoms with Crippen LogP contribution in [0.2, 0.25) is 0 Å². The van der Waals surface area contributed by atoms with Gasteiger partial charge >= 0.3 is 0 Å². The Morgan fingerprint density at radius 2 is 1.82 bits per heavy atom. The predicted octanol–water partition coefficient (Wildman–Crippen LogP) is 5.74. The maximum absolute atomic E-state index is 6.00. The number of para-hydroxylation sites is 1. The predicted molar refractivity (Wildman–Crippen MR) is 133 cm³/mol. The van der Waals surface area contributed by atoms with Crippen LogP contribution >= 0.6 is 0 Å². The summed E-state index contributed by atoms with van der Waals surface area (Å²) in [7, 11) is 4.44. The van der Waals surface area contributed by atoms with Crippen molar-refractivity contribution in [3.63, 3.8) is 0 Å². The molecule has 2 N–H and O–H groups in total. The van der Waals surface area contributed by atoms with Crippen molar-refractivity contribution in [2.75, 3.05) is 14.1 Å². The summed E-state index contributed by atoms with van der Waals surface area (Å²) in [5, 5.41) is 5.20. The molecule has 5 heteroatoms. The molecule has 0 spiro atoms. The van der Waals surface area contributed by atoms with Gasteiger partial charge in [0.1, 0.15) is 5.76 Å². The number of hydrogen-bond donors (Lipinski definition) is 2. The van der Waals surface area contributed by atoms with E-state index in [1.54, 1.807) is 0 Å². The van der Waals surface area contributed by atoms with Gasteiger partial charge in [-0.25, -0.2) is 4.98 Å². The summed E-state index contributed by atoms with van der Waals surface area (Å²) in [5.74, 6) is 1.64. The second kappa shape index (κ2) is 9.16. The number of rotatable bonds is 7. The molecule has 5 nitrogen and oxygen atoms in total. The van der Waals surface area contributed by atoms with E-state index in [0.717, 1.165) is 43.8 Å². The summed E-state index contributed by atoms with van der Waals surface area (Å²) in [6.07, 6.45) is 9.31. The fourth-order valence-electron chi connectivity index (χ4n) is 5.56. The van der Waals surface area contributed by atoms with Gasteiger partial charge < -0.3 is 14.7 Å². The zero-order valence-corrected chi connectivity index (χ0v) is 19.8. The van der Waals surface area contributed by atoms with Gasteiger partial charge in [-0.2, -0.15) is 0 Å². The minimum atomic E-state index is 0.0477. The number of aromatic amines is 1. The number of H-pyrrole nitrogens is 1. The largest absolute Gasteiger partial charge is 0.444 e. The number of aryl methyl sites for hydroxylation is 1. The lowest BCUT2D eigenvalue weighted by Crippen LogP contribution is -2.48. The third kappa shape index (κ3) is 4.35. The van der Waals surface area contributed by atoms with Crippen molar-refractivity contribution in [1.82, 2.24) is 20.2 Å². The first-order chi connectivity index (χ1) is 16.0. The highest BCUT2D eigenvalue weighted by atomic mass is 16.4. The average molecular weight is 443 g/mol. The van der Waals surface area contributed by atoms with Crippen LogP contribution in [0.1, 0.15) is 54.5 Å². The Kier molecular flexibility index (Phi) is 6.09. The average Bonchev–Trinajstić information content (AvgIpc) is 3.46. The van der Waals surface area contributed by atoms with E-state index in [9.17, 15) is 0 Å². The van der Waals surface area contributed by atoms with E-state index >= 15 is 0 Å². The molecule has 0 bridgehead atoms. The van der Waals surface area contributed by atoms with Gasteiger partial charge in [-0.05, 0) is 70.3 Å². The minimum Gasteiger partial charge on any atom is -0.444 e. The highest BCUT2D eigenvalue weighted by Crippen LogP contribution is 2.41. The Labute approximate surface area is 196 Å². The third-order valence-electron chi connectivity index (χ3n) is 7.45. The molecular weight excluding hydrogens is 408 g/mol. The van der Waals surface area contributed by atoms with Crippen molar-refractivity contribution in [3.05, 3.63) is 89.8 Å². The molecule has 0 radical (unpaired) electrons. The van der Waals surface area contributed by atoms with Crippen molar-refractivity contribution < 1.29 is 4.42 Å². The van der Waals surface area contributed by atoms with Crippen molar-refractivity contribution in [2.45, 2.75) is 56.7 Å². The first-order valence-electron chi connectivity index (χ1n) is 12.0. The summed E-state index contributed by atoms with van der Waals surface area (Å²) < 4.78 is 6.00. The third-order valence-corrected chi connectivity index (χ3v) is 7.45. The smallest absolute Gasteiger partial charge is 0.211 e. The molecule has 1 atom stereocenters. The monoisotopic (exact) mass is 442 g/mol. The van der Waals surface area contributed by atoms with E-state index in [4.69, 9.17) is 4.42 Å². The summed E-state index contributed by atoms with van der Waals surface area (Å²) in [6, 6.07) is 20.0. The topological polar surface area (TPSA) is 57.1 Å². The van der Waals surface area contributed by atoms with E-state index in [1.165, 1.54) is 22.0 Å². The quantitative estimate of drug-likeness (QED) is 0.383. The maximum atomic E-state index is 6.00. The standard InChI is InChI=1S/C28H34N4O/c1-20-18-30-27(33-20)26(17-21-19-29-25-12-8-7-11-24(21)25)31-23-13-15-28(16-14-23,32(2)3)22-9-5-4-6-10-22/h4-12,18-19,23,26,29,31H,13-17H2,1-3H3. The summed E-state index contributed by atoms with van der Waals surface area (Å²) in [5.41, 5.74) is 3.99. The van der Waals surface area contributed by atoms with Gasteiger partial charge in [-0.1, -0.05) is 48.5 Å². The molecule has 1 aliphatic rings. The van der Waals surface area contributed by atoms with Gasteiger partial charge in [0.2, 0.25) is 5.89 Å². The second-order valence-electron chi connectivity index (χ2n) is 9.66. The number of oxazole rings is 1. The Hall–Kier alpha value is -2.89. The Balaban J connectivity index is 1.35. The van der Waals surface area contributed by atoms with Crippen LogP contribution in [0.3, 0.4) is 0 Å². The molecule has 2 aromatic heterocycles. The first kappa shape index (κ1) is 21.9. The van der Waals surface area contributed by atoms with Crippen molar-refractivity contribution >= 4 is 10.9 Å². The number of hydrogen-bond acceptors (Lipinski definition) is 4. The van der Waals surface area contributed by atoms with E-state index in [0.29, 0.717) is 6.04 Å². The molecule has 0 saturated heterocycles. The molecule has 172 valence electrons. The molecule has 0 amide bonds. The molecular formula is C28H34N4O. The molecule has 1 saturated carbocycles. The number of aromatic nitrogens is 2. The molecule has 4 aromatic rings. The number of fused-ring (bicyclic) bond motifs is 1. The van der Waals surface area contributed by atoms with E-state index < -0.39 is 0 Å². The Morgan fingerprint density at radius 1 is 1.09 bits per heavy atom. The molecule has 1 aliphatic carbocycles. The van der Waals surface area contributed by atoms with Crippen LogP contribution in [0.25, 0.3) is 10.9 Å². The lowest BCUT2D eigenvalue weighted by atomic mass is 9.74. The molecule has 0 aliphatic heterocycles.